The maximum Gasteiger partial charge on any atom is 0.223 e. The summed E-state index contributed by atoms with van der Waals surface area (Å²) in [7, 11) is 0. The average Bonchev–Trinajstić information content (AvgIpc) is 2.75. The van der Waals surface area contributed by atoms with Gasteiger partial charge < -0.3 is 4.74 Å². The van der Waals surface area contributed by atoms with E-state index in [1.165, 1.54) is 5.56 Å². The van der Waals surface area contributed by atoms with E-state index in [9.17, 15) is 0 Å². The largest absolute Gasteiger partial charge is 0.439 e. The smallest absolute Gasteiger partial charge is 0.223 e. The lowest BCUT2D eigenvalue weighted by molar-refractivity contribution is 0.523. The molecular weight excluding hydrogens is 222 g/mol. The molecule has 2 aromatic carbocycles. The molecule has 1 aliphatic heterocycles. The third kappa shape index (κ3) is 1.93. The summed E-state index contributed by atoms with van der Waals surface area (Å²) in [6, 6.07) is 18.1. The highest BCUT2D eigenvalue weighted by Crippen LogP contribution is 2.28. The lowest BCUT2D eigenvalue weighted by atomic mass is 10.1. The highest BCUT2D eigenvalue weighted by molar-refractivity contribution is 6.05. The average molecular weight is 235 g/mol. The van der Waals surface area contributed by atoms with Crippen molar-refractivity contribution in [2.75, 3.05) is 0 Å². The maximum absolute atomic E-state index is 5.61. The van der Waals surface area contributed by atoms with Gasteiger partial charge in [0.15, 0.2) is 0 Å². The van der Waals surface area contributed by atoms with E-state index >= 15 is 0 Å². The van der Waals surface area contributed by atoms with Gasteiger partial charge in [-0.3, -0.25) is 0 Å². The number of benzene rings is 2. The zero-order valence-corrected chi connectivity index (χ0v) is 9.97. The molecule has 88 valence electrons. The first kappa shape index (κ1) is 10.8. The third-order valence-corrected chi connectivity index (χ3v) is 2.93. The highest BCUT2D eigenvalue weighted by atomic mass is 16.5. The standard InChI is InChI=1S/C16H13NO/c1-12-14-9-5-6-10-15(14)16(18-12)17-11-13-7-3-2-4-8-13/h2-10H,1,11H2/b17-16-. The summed E-state index contributed by atoms with van der Waals surface area (Å²) >= 11 is 0. The molecule has 0 atom stereocenters. The summed E-state index contributed by atoms with van der Waals surface area (Å²) in [6.45, 7) is 4.52. The van der Waals surface area contributed by atoms with Gasteiger partial charge in [0.05, 0.1) is 6.54 Å². The molecule has 0 aromatic heterocycles. The first-order chi connectivity index (χ1) is 8.84. The van der Waals surface area contributed by atoms with Crippen LogP contribution in [0.4, 0.5) is 0 Å². The number of nitrogens with zero attached hydrogens (tertiary/aromatic N) is 1. The highest BCUT2D eigenvalue weighted by Gasteiger charge is 2.21. The Morgan fingerprint density at radius 1 is 0.889 bits per heavy atom. The van der Waals surface area contributed by atoms with Gasteiger partial charge in [-0.1, -0.05) is 55.1 Å². The second kappa shape index (κ2) is 4.49. The Balaban J connectivity index is 1.89. The molecule has 2 aromatic rings. The maximum atomic E-state index is 5.61. The summed E-state index contributed by atoms with van der Waals surface area (Å²) < 4.78 is 5.61. The predicted octanol–water partition coefficient (Wildman–Crippen LogP) is 3.63. The van der Waals surface area contributed by atoms with E-state index in [0.717, 1.165) is 11.1 Å². The molecule has 0 radical (unpaired) electrons. The minimum absolute atomic E-state index is 0.623. The molecule has 0 bridgehead atoms. The number of hydrogen-bond acceptors (Lipinski definition) is 2. The fourth-order valence-electron chi connectivity index (χ4n) is 2.00. The Bertz CT molecular complexity index is 614. The van der Waals surface area contributed by atoms with Crippen LogP contribution in [-0.2, 0) is 11.3 Å². The molecule has 2 nitrogen and oxygen atoms in total. The fraction of sp³-hybridized carbons (Fsp3) is 0.0625. The third-order valence-electron chi connectivity index (χ3n) is 2.93. The van der Waals surface area contributed by atoms with Crippen LogP contribution in [-0.4, -0.2) is 5.90 Å². The van der Waals surface area contributed by atoms with Crippen molar-refractivity contribution < 1.29 is 4.74 Å². The number of rotatable bonds is 2. The molecule has 0 unspecified atom stereocenters. The first-order valence-corrected chi connectivity index (χ1v) is 5.89. The molecule has 0 aliphatic carbocycles. The van der Waals surface area contributed by atoms with Crippen molar-refractivity contribution >= 4 is 11.7 Å². The van der Waals surface area contributed by atoms with Crippen LogP contribution < -0.4 is 0 Å². The van der Waals surface area contributed by atoms with Gasteiger partial charge in [-0.25, -0.2) is 4.99 Å². The summed E-state index contributed by atoms with van der Waals surface area (Å²) in [6.07, 6.45) is 0. The van der Waals surface area contributed by atoms with Crippen molar-refractivity contribution in [2.24, 2.45) is 4.99 Å². The minimum atomic E-state index is 0.623. The van der Waals surface area contributed by atoms with Gasteiger partial charge in [0.1, 0.15) is 5.76 Å². The van der Waals surface area contributed by atoms with E-state index < -0.39 is 0 Å². The van der Waals surface area contributed by atoms with Crippen LogP contribution in [0.25, 0.3) is 5.76 Å². The fourth-order valence-corrected chi connectivity index (χ4v) is 2.00. The topological polar surface area (TPSA) is 21.6 Å². The molecule has 0 N–H and O–H groups in total. The molecule has 0 fully saturated rings. The Labute approximate surface area is 106 Å². The lowest BCUT2D eigenvalue weighted by Crippen LogP contribution is -1.98. The van der Waals surface area contributed by atoms with Crippen molar-refractivity contribution in [2.45, 2.75) is 6.54 Å². The van der Waals surface area contributed by atoms with E-state index in [1.807, 2.05) is 42.5 Å². The first-order valence-electron chi connectivity index (χ1n) is 5.89. The summed E-state index contributed by atoms with van der Waals surface area (Å²) in [5.41, 5.74) is 3.23. The van der Waals surface area contributed by atoms with E-state index in [2.05, 4.69) is 23.7 Å². The summed E-state index contributed by atoms with van der Waals surface area (Å²) in [5.74, 6) is 1.34. The summed E-state index contributed by atoms with van der Waals surface area (Å²) in [5, 5.41) is 0. The normalized spacial score (nSPS) is 15.6. The van der Waals surface area contributed by atoms with Crippen LogP contribution in [0.15, 0.2) is 66.2 Å². The van der Waals surface area contributed by atoms with Gasteiger partial charge >= 0.3 is 0 Å². The second-order valence-corrected chi connectivity index (χ2v) is 4.18. The Morgan fingerprint density at radius 2 is 1.56 bits per heavy atom. The molecular formula is C16H13NO. The Morgan fingerprint density at radius 3 is 2.33 bits per heavy atom. The molecule has 0 saturated heterocycles. The van der Waals surface area contributed by atoms with Crippen LogP contribution >= 0.6 is 0 Å². The van der Waals surface area contributed by atoms with Crippen molar-refractivity contribution in [3.8, 4) is 0 Å². The lowest BCUT2D eigenvalue weighted by Gasteiger charge is -1.99. The predicted molar refractivity (Wildman–Crippen MR) is 73.2 cm³/mol. The van der Waals surface area contributed by atoms with Crippen molar-refractivity contribution in [3.63, 3.8) is 0 Å². The SMILES string of the molecule is C=C1O/C(=N\Cc2ccccc2)c2ccccc21. The minimum Gasteiger partial charge on any atom is -0.439 e. The number of fused-ring (bicyclic) bond motifs is 1. The van der Waals surface area contributed by atoms with Gasteiger partial charge in [0.25, 0.3) is 0 Å². The van der Waals surface area contributed by atoms with Gasteiger partial charge in [0.2, 0.25) is 5.90 Å². The van der Waals surface area contributed by atoms with E-state index in [4.69, 9.17) is 4.74 Å². The van der Waals surface area contributed by atoms with Gasteiger partial charge in [0, 0.05) is 11.1 Å². The van der Waals surface area contributed by atoms with Crippen molar-refractivity contribution in [1.29, 1.82) is 0 Å². The van der Waals surface area contributed by atoms with Crippen LogP contribution in [0, 0.1) is 0 Å². The van der Waals surface area contributed by atoms with E-state index in [0.29, 0.717) is 18.2 Å². The van der Waals surface area contributed by atoms with Crippen LogP contribution in [0.2, 0.25) is 0 Å². The molecule has 0 saturated carbocycles. The zero-order valence-electron chi connectivity index (χ0n) is 9.97. The number of ether oxygens (including phenoxy) is 1. The zero-order chi connectivity index (χ0) is 12.4. The van der Waals surface area contributed by atoms with Crippen molar-refractivity contribution in [3.05, 3.63) is 77.9 Å². The molecule has 1 heterocycles. The second-order valence-electron chi connectivity index (χ2n) is 4.18. The monoisotopic (exact) mass is 235 g/mol. The molecule has 2 heteroatoms. The Kier molecular flexibility index (Phi) is 2.69. The molecule has 1 aliphatic rings. The molecule has 0 amide bonds. The summed E-state index contributed by atoms with van der Waals surface area (Å²) in [4.78, 5) is 4.52. The van der Waals surface area contributed by atoms with E-state index in [-0.39, 0.29) is 0 Å². The molecule has 0 spiro atoms. The quantitative estimate of drug-likeness (QED) is 0.778. The molecule has 3 rings (SSSR count). The van der Waals surface area contributed by atoms with Gasteiger partial charge in [-0.2, -0.15) is 0 Å². The number of aliphatic imine (C=N–C) groups is 1. The van der Waals surface area contributed by atoms with E-state index in [1.54, 1.807) is 0 Å². The van der Waals surface area contributed by atoms with Crippen LogP contribution in [0.3, 0.4) is 0 Å². The van der Waals surface area contributed by atoms with Crippen molar-refractivity contribution in [1.82, 2.24) is 0 Å². The number of hydrogen-bond donors (Lipinski definition) is 0. The van der Waals surface area contributed by atoms with Crippen LogP contribution in [0.5, 0.6) is 0 Å². The Hall–Kier alpha value is -2.35. The van der Waals surface area contributed by atoms with Gasteiger partial charge in [-0.05, 0) is 11.6 Å². The van der Waals surface area contributed by atoms with Gasteiger partial charge in [-0.15, -0.1) is 0 Å². The van der Waals surface area contributed by atoms with Crippen LogP contribution in [0.1, 0.15) is 16.7 Å². The molecule has 18 heavy (non-hydrogen) atoms.